The minimum absolute atomic E-state index is 0.00260. The number of carbonyl (C=O) groups excluding carboxylic acids is 1. The first-order chi connectivity index (χ1) is 8.15. The Balaban J connectivity index is 2.46. The molecule has 5 heteroatoms. The van der Waals surface area contributed by atoms with Crippen LogP contribution in [-0.2, 0) is 11.2 Å². The van der Waals surface area contributed by atoms with Crippen molar-refractivity contribution in [2.75, 3.05) is 19.5 Å². The number of carbonyl (C=O) groups is 1. The Hall–Kier alpha value is -0.770. The molecule has 0 spiro atoms. The summed E-state index contributed by atoms with van der Waals surface area (Å²) in [6.07, 6.45) is 0.830. The summed E-state index contributed by atoms with van der Waals surface area (Å²) in [6, 6.07) is 7.87. The van der Waals surface area contributed by atoms with Gasteiger partial charge >= 0.3 is 0 Å². The van der Waals surface area contributed by atoms with Gasteiger partial charge in [0.15, 0.2) is 0 Å². The van der Waals surface area contributed by atoms with Gasteiger partial charge in [-0.25, -0.2) is 0 Å². The van der Waals surface area contributed by atoms with Crippen LogP contribution in [0.4, 0.5) is 0 Å². The second kappa shape index (κ2) is 7.54. The van der Waals surface area contributed by atoms with E-state index < -0.39 is 0 Å². The Labute approximate surface area is 111 Å². The van der Waals surface area contributed by atoms with Gasteiger partial charge in [-0.15, -0.1) is 11.6 Å². The van der Waals surface area contributed by atoms with Crippen molar-refractivity contribution in [2.24, 2.45) is 0 Å². The molecule has 3 nitrogen and oxygen atoms in total. The monoisotopic (exact) mass is 274 g/mol. The maximum Gasteiger partial charge on any atom is 0.234 e. The Bertz CT molecular complexity index is 354. The van der Waals surface area contributed by atoms with Crippen LogP contribution in [0.5, 0.6) is 0 Å². The highest BCUT2D eigenvalue weighted by molar-refractivity contribution is 6.30. The molecule has 0 aliphatic carbocycles. The highest BCUT2D eigenvalue weighted by atomic mass is 35.5. The highest BCUT2D eigenvalue weighted by Gasteiger charge is 2.08. The minimum atomic E-state index is -0.150. The van der Waals surface area contributed by atoms with Crippen molar-refractivity contribution >= 4 is 29.1 Å². The predicted octanol–water partition coefficient (Wildman–Crippen LogP) is 1.83. The lowest BCUT2D eigenvalue weighted by molar-refractivity contribution is -0.118. The summed E-state index contributed by atoms with van der Waals surface area (Å²) in [5.74, 6) is -0.153. The van der Waals surface area contributed by atoms with Crippen LogP contribution in [0, 0.1) is 0 Å². The second-order valence-electron chi connectivity index (χ2n) is 3.75. The maximum atomic E-state index is 11.0. The molecule has 0 radical (unpaired) electrons. The number of hydrogen-bond acceptors (Lipinski definition) is 2. The zero-order valence-corrected chi connectivity index (χ0v) is 11.2. The van der Waals surface area contributed by atoms with Gasteiger partial charge < -0.3 is 10.6 Å². The first kappa shape index (κ1) is 14.3. The Morgan fingerprint density at radius 2 is 2.00 bits per heavy atom. The molecule has 1 rings (SSSR count). The van der Waals surface area contributed by atoms with E-state index in [-0.39, 0.29) is 17.8 Å². The van der Waals surface area contributed by atoms with Gasteiger partial charge in [-0.1, -0.05) is 23.7 Å². The third kappa shape index (κ3) is 5.39. The molecule has 2 N–H and O–H groups in total. The van der Waals surface area contributed by atoms with Gasteiger partial charge in [-0.2, -0.15) is 0 Å². The SMILES string of the molecule is CNC(CNC(=O)CCl)Cc1ccc(Cl)cc1. The van der Waals surface area contributed by atoms with Gasteiger partial charge in [-0.3, -0.25) is 4.79 Å². The lowest BCUT2D eigenvalue weighted by Crippen LogP contribution is -2.41. The van der Waals surface area contributed by atoms with E-state index in [2.05, 4.69) is 10.6 Å². The number of amides is 1. The quantitative estimate of drug-likeness (QED) is 0.778. The van der Waals surface area contributed by atoms with Gasteiger partial charge in [0.05, 0.1) is 0 Å². The molecule has 0 aromatic heterocycles. The van der Waals surface area contributed by atoms with Gasteiger partial charge in [0.1, 0.15) is 5.88 Å². The van der Waals surface area contributed by atoms with Gasteiger partial charge in [-0.05, 0) is 31.2 Å². The van der Waals surface area contributed by atoms with Crippen molar-refractivity contribution in [1.82, 2.24) is 10.6 Å². The summed E-state index contributed by atoms with van der Waals surface area (Å²) in [6.45, 7) is 0.560. The molecule has 1 aromatic rings. The predicted molar refractivity (Wildman–Crippen MR) is 71.7 cm³/mol. The zero-order chi connectivity index (χ0) is 12.7. The zero-order valence-electron chi connectivity index (χ0n) is 9.67. The normalized spacial score (nSPS) is 12.2. The van der Waals surface area contributed by atoms with Crippen LogP contribution in [0.1, 0.15) is 5.56 Å². The average molecular weight is 275 g/mol. The van der Waals surface area contributed by atoms with Crippen molar-refractivity contribution in [3.8, 4) is 0 Å². The Morgan fingerprint density at radius 1 is 1.35 bits per heavy atom. The van der Waals surface area contributed by atoms with Crippen LogP contribution >= 0.6 is 23.2 Å². The van der Waals surface area contributed by atoms with E-state index >= 15 is 0 Å². The number of benzene rings is 1. The lowest BCUT2D eigenvalue weighted by atomic mass is 10.1. The van der Waals surface area contributed by atoms with Gasteiger partial charge in [0.2, 0.25) is 5.91 Å². The van der Waals surface area contributed by atoms with Crippen molar-refractivity contribution in [2.45, 2.75) is 12.5 Å². The highest BCUT2D eigenvalue weighted by Crippen LogP contribution is 2.10. The maximum absolute atomic E-state index is 11.0. The fourth-order valence-electron chi connectivity index (χ4n) is 1.47. The van der Waals surface area contributed by atoms with Crippen LogP contribution in [0.2, 0.25) is 5.02 Å². The fraction of sp³-hybridized carbons (Fsp3) is 0.417. The summed E-state index contributed by atoms with van der Waals surface area (Å²) in [4.78, 5) is 11.0. The first-order valence-electron chi connectivity index (χ1n) is 5.40. The van der Waals surface area contributed by atoms with Crippen LogP contribution in [0.25, 0.3) is 0 Å². The molecule has 0 bridgehead atoms. The number of hydrogen-bond donors (Lipinski definition) is 2. The van der Waals surface area contributed by atoms with E-state index in [0.29, 0.717) is 6.54 Å². The summed E-state index contributed by atoms with van der Waals surface area (Å²) in [5, 5.41) is 6.64. The third-order valence-electron chi connectivity index (χ3n) is 2.47. The molecule has 0 saturated heterocycles. The molecule has 1 atom stereocenters. The molecule has 0 fully saturated rings. The fourth-order valence-corrected chi connectivity index (χ4v) is 1.69. The van der Waals surface area contributed by atoms with Crippen molar-refractivity contribution < 1.29 is 4.79 Å². The van der Waals surface area contributed by atoms with E-state index in [0.717, 1.165) is 11.4 Å². The van der Waals surface area contributed by atoms with Gasteiger partial charge in [0, 0.05) is 17.6 Å². The van der Waals surface area contributed by atoms with Crippen LogP contribution in [0.15, 0.2) is 24.3 Å². The summed E-state index contributed by atoms with van der Waals surface area (Å²) < 4.78 is 0. The molecule has 0 aliphatic heterocycles. The standard InChI is InChI=1S/C12H16Cl2N2O/c1-15-11(8-16-12(17)7-13)6-9-2-4-10(14)5-3-9/h2-5,11,15H,6-8H2,1H3,(H,16,17). The molecular weight excluding hydrogens is 259 g/mol. The van der Waals surface area contributed by atoms with Gasteiger partial charge in [0.25, 0.3) is 0 Å². The molecule has 94 valence electrons. The molecule has 1 amide bonds. The molecule has 17 heavy (non-hydrogen) atoms. The Kier molecular flexibility index (Phi) is 6.34. The van der Waals surface area contributed by atoms with E-state index in [1.807, 2.05) is 31.3 Å². The summed E-state index contributed by atoms with van der Waals surface area (Å²) in [5.41, 5.74) is 1.17. The number of halogens is 2. The summed E-state index contributed by atoms with van der Waals surface area (Å²) >= 11 is 11.2. The van der Waals surface area contributed by atoms with Crippen LogP contribution < -0.4 is 10.6 Å². The smallest absolute Gasteiger partial charge is 0.234 e. The Morgan fingerprint density at radius 3 is 2.53 bits per heavy atom. The van der Waals surface area contributed by atoms with Crippen LogP contribution in [0.3, 0.4) is 0 Å². The van der Waals surface area contributed by atoms with E-state index in [9.17, 15) is 4.79 Å². The second-order valence-corrected chi connectivity index (χ2v) is 4.46. The molecule has 0 aliphatic rings. The first-order valence-corrected chi connectivity index (χ1v) is 6.31. The number of nitrogens with one attached hydrogen (secondary N) is 2. The van der Waals surface area contributed by atoms with Crippen molar-refractivity contribution in [3.05, 3.63) is 34.9 Å². The van der Waals surface area contributed by atoms with Crippen molar-refractivity contribution in [3.63, 3.8) is 0 Å². The topological polar surface area (TPSA) is 41.1 Å². The lowest BCUT2D eigenvalue weighted by Gasteiger charge is -2.16. The molecular formula is C12H16Cl2N2O. The third-order valence-corrected chi connectivity index (χ3v) is 2.97. The molecule has 1 aromatic carbocycles. The van der Waals surface area contributed by atoms with Crippen LogP contribution in [-0.4, -0.2) is 31.4 Å². The number of rotatable bonds is 6. The number of alkyl halides is 1. The van der Waals surface area contributed by atoms with E-state index in [1.54, 1.807) is 0 Å². The minimum Gasteiger partial charge on any atom is -0.353 e. The average Bonchev–Trinajstić information content (AvgIpc) is 2.36. The van der Waals surface area contributed by atoms with E-state index in [4.69, 9.17) is 23.2 Å². The summed E-state index contributed by atoms with van der Waals surface area (Å²) in [7, 11) is 1.87. The number of likely N-dealkylation sites (N-methyl/N-ethyl adjacent to an activating group) is 1. The molecule has 0 saturated carbocycles. The molecule has 0 heterocycles. The largest absolute Gasteiger partial charge is 0.353 e. The van der Waals surface area contributed by atoms with E-state index in [1.165, 1.54) is 5.56 Å². The molecule has 1 unspecified atom stereocenters. The van der Waals surface area contributed by atoms with Crippen molar-refractivity contribution in [1.29, 1.82) is 0 Å².